The van der Waals surface area contributed by atoms with Crippen molar-refractivity contribution in [3.05, 3.63) is 0 Å². The van der Waals surface area contributed by atoms with Crippen molar-refractivity contribution < 1.29 is 14.4 Å². The Kier molecular flexibility index (Phi) is 6.23. The monoisotopic (exact) mass is 338 g/mol. The summed E-state index contributed by atoms with van der Waals surface area (Å²) in [7, 11) is 0. The summed E-state index contributed by atoms with van der Waals surface area (Å²) in [5.41, 5.74) is -0.462. The molecule has 0 bridgehead atoms. The molecule has 1 aliphatic rings. The Morgan fingerprint density at radius 2 is 1.62 bits per heavy atom. The van der Waals surface area contributed by atoms with Gasteiger partial charge in [0, 0.05) is 6.42 Å². The molecule has 1 unspecified atom stereocenters. The summed E-state index contributed by atoms with van der Waals surface area (Å²) >= 11 is 0. The van der Waals surface area contributed by atoms with Gasteiger partial charge in [0.1, 0.15) is 5.78 Å². The quantitative estimate of drug-likeness (QED) is 0.776. The van der Waals surface area contributed by atoms with Gasteiger partial charge >= 0.3 is 6.03 Å². The Hall–Kier alpha value is -1.39. The molecule has 1 aliphatic heterocycles. The maximum Gasteiger partial charge on any atom is 0.324 e. The van der Waals surface area contributed by atoms with E-state index in [9.17, 15) is 14.4 Å². The first kappa shape index (κ1) is 20.7. The highest BCUT2D eigenvalue weighted by Crippen LogP contribution is 2.39. The number of nitrogens with zero attached hydrogens (tertiary/aromatic N) is 1. The van der Waals surface area contributed by atoms with Gasteiger partial charge in [0.15, 0.2) is 0 Å². The van der Waals surface area contributed by atoms with Crippen molar-refractivity contribution in [2.45, 2.75) is 86.7 Å². The van der Waals surface area contributed by atoms with Gasteiger partial charge in [-0.15, -0.1) is 0 Å². The number of Topliss-reactive ketones (excluding diaryl/α,β-unsaturated/α-hetero) is 1. The summed E-state index contributed by atoms with van der Waals surface area (Å²) in [6.07, 6.45) is 1.52. The molecule has 3 amide bonds. The first-order chi connectivity index (χ1) is 10.9. The largest absolute Gasteiger partial charge is 0.332 e. The fraction of sp³-hybridized carbons (Fsp3) is 0.842. The molecule has 1 saturated heterocycles. The van der Waals surface area contributed by atoms with Gasteiger partial charge in [-0.1, -0.05) is 55.4 Å². The summed E-state index contributed by atoms with van der Waals surface area (Å²) in [6.45, 7) is 16.0. The van der Waals surface area contributed by atoms with Crippen LogP contribution < -0.4 is 5.32 Å². The second-order valence-electron chi connectivity index (χ2n) is 8.99. The molecule has 0 aliphatic carbocycles. The van der Waals surface area contributed by atoms with Crippen LogP contribution in [0, 0.1) is 16.7 Å². The zero-order chi connectivity index (χ0) is 18.9. The number of carbonyl (C=O) groups is 3. The van der Waals surface area contributed by atoms with Crippen LogP contribution in [0.2, 0.25) is 0 Å². The van der Waals surface area contributed by atoms with E-state index in [4.69, 9.17) is 0 Å². The second kappa shape index (κ2) is 7.24. The number of imide groups is 1. The summed E-state index contributed by atoms with van der Waals surface area (Å²) < 4.78 is 0. The number of amides is 3. The van der Waals surface area contributed by atoms with E-state index < -0.39 is 5.92 Å². The Bertz CT molecular complexity index is 500. The van der Waals surface area contributed by atoms with E-state index >= 15 is 0 Å². The van der Waals surface area contributed by atoms with Crippen LogP contribution in [-0.2, 0) is 9.59 Å². The molecular formula is C19H34N2O3. The molecule has 0 aromatic carbocycles. The third kappa shape index (κ3) is 4.17. The first-order valence-corrected chi connectivity index (χ1v) is 9.02. The average Bonchev–Trinajstić information content (AvgIpc) is 2.77. The van der Waals surface area contributed by atoms with E-state index in [2.05, 4.69) is 26.1 Å². The molecule has 0 aromatic rings. The van der Waals surface area contributed by atoms with Gasteiger partial charge in [-0.05, 0) is 23.7 Å². The van der Waals surface area contributed by atoms with E-state index in [1.807, 2.05) is 34.6 Å². The molecule has 0 spiro atoms. The molecule has 24 heavy (non-hydrogen) atoms. The molecule has 5 nitrogen and oxygen atoms in total. The van der Waals surface area contributed by atoms with Gasteiger partial charge in [-0.2, -0.15) is 0 Å². The van der Waals surface area contributed by atoms with Crippen LogP contribution >= 0.6 is 0 Å². The molecule has 1 fully saturated rings. The molecular weight excluding hydrogens is 304 g/mol. The number of nitrogens with one attached hydrogen (secondary N) is 1. The molecule has 1 N–H and O–H groups in total. The lowest BCUT2D eigenvalue weighted by atomic mass is 9.73. The predicted molar refractivity (Wildman–Crippen MR) is 95.6 cm³/mol. The second-order valence-corrected chi connectivity index (χ2v) is 8.99. The maximum absolute atomic E-state index is 13.1. The molecule has 5 heteroatoms. The minimum Gasteiger partial charge on any atom is -0.332 e. The molecule has 138 valence electrons. The Morgan fingerprint density at radius 3 is 2.00 bits per heavy atom. The number of rotatable bonds is 5. The smallest absolute Gasteiger partial charge is 0.324 e. The van der Waals surface area contributed by atoms with Gasteiger partial charge in [-0.3, -0.25) is 14.5 Å². The zero-order valence-electron chi connectivity index (χ0n) is 16.5. The van der Waals surface area contributed by atoms with Crippen molar-refractivity contribution in [1.82, 2.24) is 10.2 Å². The number of carbonyl (C=O) groups excluding carboxylic acids is 3. The third-order valence-corrected chi connectivity index (χ3v) is 4.74. The van der Waals surface area contributed by atoms with Crippen LogP contribution in [0.4, 0.5) is 4.79 Å². The standard InChI is InChI=1S/C19H34N2O3/c1-9-11-13(22)12(10-2)16(23)21-15(19(6,7)8)14(18(3,4)5)20-17(21)24/h12,14-15H,9-11H2,1-8H3,(H,20,24)/t12?,14-,15-/m1/s1. The van der Waals surface area contributed by atoms with E-state index in [-0.39, 0.29) is 40.6 Å². The lowest BCUT2D eigenvalue weighted by Crippen LogP contribution is -2.54. The zero-order valence-corrected chi connectivity index (χ0v) is 16.5. The lowest BCUT2D eigenvalue weighted by molar-refractivity contribution is -0.141. The van der Waals surface area contributed by atoms with E-state index in [0.717, 1.165) is 0 Å². The van der Waals surface area contributed by atoms with Gasteiger partial charge in [-0.25, -0.2) is 4.79 Å². The number of urea groups is 1. The summed E-state index contributed by atoms with van der Waals surface area (Å²) in [5.74, 6) is -1.14. The summed E-state index contributed by atoms with van der Waals surface area (Å²) in [5, 5.41) is 2.99. The van der Waals surface area contributed by atoms with Crippen LogP contribution in [0.15, 0.2) is 0 Å². The van der Waals surface area contributed by atoms with Crippen LogP contribution in [0.5, 0.6) is 0 Å². The van der Waals surface area contributed by atoms with Crippen LogP contribution in [-0.4, -0.2) is 34.7 Å². The predicted octanol–water partition coefficient (Wildman–Crippen LogP) is 3.76. The molecule has 0 radical (unpaired) electrons. The van der Waals surface area contributed by atoms with E-state index in [1.165, 1.54) is 4.90 Å². The van der Waals surface area contributed by atoms with Crippen LogP contribution in [0.1, 0.15) is 74.7 Å². The molecule has 0 aromatic heterocycles. The molecule has 1 heterocycles. The maximum atomic E-state index is 13.1. The number of ketones is 1. The fourth-order valence-corrected chi connectivity index (χ4v) is 3.50. The molecule has 1 rings (SSSR count). The molecule has 3 atom stereocenters. The minimum atomic E-state index is -0.723. The van der Waals surface area contributed by atoms with Crippen molar-refractivity contribution in [2.24, 2.45) is 16.7 Å². The van der Waals surface area contributed by atoms with Gasteiger partial charge in [0.05, 0.1) is 18.0 Å². The van der Waals surface area contributed by atoms with Crippen molar-refractivity contribution >= 4 is 17.7 Å². The number of hydrogen-bond acceptors (Lipinski definition) is 3. The highest BCUT2D eigenvalue weighted by molar-refractivity contribution is 6.07. The van der Waals surface area contributed by atoms with Crippen molar-refractivity contribution in [3.63, 3.8) is 0 Å². The summed E-state index contributed by atoms with van der Waals surface area (Å²) in [4.78, 5) is 39.4. The van der Waals surface area contributed by atoms with Crippen LogP contribution in [0.3, 0.4) is 0 Å². The van der Waals surface area contributed by atoms with Gasteiger partial charge in [0.25, 0.3) is 0 Å². The van der Waals surface area contributed by atoms with E-state index in [0.29, 0.717) is 19.3 Å². The highest BCUT2D eigenvalue weighted by atomic mass is 16.2. The summed E-state index contributed by atoms with van der Waals surface area (Å²) in [6, 6.07) is -0.795. The average molecular weight is 338 g/mol. The number of hydrogen-bond donors (Lipinski definition) is 1. The van der Waals surface area contributed by atoms with Gasteiger partial charge < -0.3 is 5.32 Å². The lowest BCUT2D eigenvalue weighted by Gasteiger charge is -2.41. The highest BCUT2D eigenvalue weighted by Gasteiger charge is 2.53. The van der Waals surface area contributed by atoms with Crippen molar-refractivity contribution in [2.75, 3.05) is 0 Å². The Morgan fingerprint density at radius 1 is 1.08 bits per heavy atom. The Labute approximate surface area is 146 Å². The van der Waals surface area contributed by atoms with Crippen molar-refractivity contribution in [3.8, 4) is 0 Å². The first-order valence-electron chi connectivity index (χ1n) is 9.02. The normalized spacial score (nSPS) is 23.2. The SMILES string of the molecule is CCCC(=O)C(CC)C(=O)N1C(=O)N[C@@H](C(C)(C)C)[C@@H]1C(C)(C)C. The topological polar surface area (TPSA) is 66.5 Å². The minimum absolute atomic E-state index is 0.0651. The molecule has 0 saturated carbocycles. The van der Waals surface area contributed by atoms with Crippen molar-refractivity contribution in [1.29, 1.82) is 0 Å². The third-order valence-electron chi connectivity index (χ3n) is 4.74. The fourth-order valence-electron chi connectivity index (χ4n) is 3.50. The van der Waals surface area contributed by atoms with E-state index in [1.54, 1.807) is 0 Å². The Balaban J connectivity index is 3.25. The van der Waals surface area contributed by atoms with Crippen LogP contribution in [0.25, 0.3) is 0 Å². The van der Waals surface area contributed by atoms with Gasteiger partial charge in [0.2, 0.25) is 5.91 Å².